The van der Waals surface area contributed by atoms with Crippen LogP contribution in [0.15, 0.2) is 69.6 Å². The number of fused-ring (bicyclic) bond motifs is 1. The molecule has 1 unspecified atom stereocenters. The summed E-state index contributed by atoms with van der Waals surface area (Å²) in [6.07, 6.45) is 3.57. The molecule has 0 fully saturated rings. The molecule has 39 heavy (non-hydrogen) atoms. The maximum atomic E-state index is 13.8. The number of rotatable bonds is 10. The molecular formula is C29H31N3O6S. The summed E-state index contributed by atoms with van der Waals surface area (Å²) in [4.78, 5) is 42.8. The van der Waals surface area contributed by atoms with Crippen molar-refractivity contribution in [2.24, 2.45) is 10.9 Å². The van der Waals surface area contributed by atoms with Crippen molar-refractivity contribution < 1.29 is 19.2 Å². The highest BCUT2D eigenvalue weighted by Gasteiger charge is 2.33. The number of non-ortho nitro benzene ring substituents is 1. The number of nitrogens with zero attached hydrogens (tertiary/aromatic N) is 3. The minimum atomic E-state index is -0.752. The van der Waals surface area contributed by atoms with E-state index >= 15 is 0 Å². The van der Waals surface area contributed by atoms with Gasteiger partial charge >= 0.3 is 5.97 Å². The Bertz CT molecular complexity index is 1580. The SMILES string of the molecule is CCCCOc1ccc(C2C(C(=O)OCC(C)C)=C(C)N=c3sc(=Cc4cccc([N+](=O)[O-])c4)c(=O)n32)cc1. The number of ether oxygens (including phenoxy) is 2. The standard InChI is InChI=1S/C29H31N3O6S/c1-5-6-14-37-23-12-10-21(11-13-23)26-25(28(34)38-17-18(2)3)19(4)30-29-31(26)27(33)24(39-29)16-20-8-7-9-22(15-20)32(35)36/h7-13,15-16,18,26H,5-6,14,17H2,1-4H3. The zero-order valence-corrected chi connectivity index (χ0v) is 23.2. The van der Waals surface area contributed by atoms with Crippen LogP contribution in [0.3, 0.4) is 0 Å². The summed E-state index contributed by atoms with van der Waals surface area (Å²) in [7, 11) is 0. The first-order valence-corrected chi connectivity index (χ1v) is 13.7. The molecule has 0 amide bonds. The van der Waals surface area contributed by atoms with E-state index in [0.29, 0.717) is 44.1 Å². The Hall–Kier alpha value is -4.05. The van der Waals surface area contributed by atoms with Gasteiger partial charge in [0.25, 0.3) is 11.2 Å². The van der Waals surface area contributed by atoms with Gasteiger partial charge in [-0.2, -0.15) is 0 Å². The number of hydrogen-bond acceptors (Lipinski definition) is 8. The lowest BCUT2D eigenvalue weighted by atomic mass is 9.96. The van der Waals surface area contributed by atoms with Crippen molar-refractivity contribution in [2.45, 2.75) is 46.6 Å². The molecule has 0 spiro atoms. The number of carbonyl (C=O) groups is 1. The predicted octanol–water partition coefficient (Wildman–Crippen LogP) is 4.52. The summed E-state index contributed by atoms with van der Waals surface area (Å²) >= 11 is 1.17. The molecule has 3 aromatic rings. The second-order valence-corrected chi connectivity index (χ2v) is 10.7. The molecule has 1 aliphatic rings. The number of allylic oxidation sites excluding steroid dienone is 1. The van der Waals surface area contributed by atoms with E-state index in [4.69, 9.17) is 9.47 Å². The third kappa shape index (κ3) is 6.34. The molecule has 204 valence electrons. The normalized spacial score (nSPS) is 15.2. The average molecular weight is 550 g/mol. The maximum absolute atomic E-state index is 13.8. The Labute approximate surface area is 229 Å². The van der Waals surface area contributed by atoms with Gasteiger partial charge in [0.15, 0.2) is 4.80 Å². The number of aromatic nitrogens is 1. The van der Waals surface area contributed by atoms with Crippen LogP contribution in [0, 0.1) is 16.0 Å². The summed E-state index contributed by atoms with van der Waals surface area (Å²) in [6.45, 7) is 8.58. The lowest BCUT2D eigenvalue weighted by Gasteiger charge is -2.25. The topological polar surface area (TPSA) is 113 Å². The first-order chi connectivity index (χ1) is 18.7. The maximum Gasteiger partial charge on any atom is 0.338 e. The van der Waals surface area contributed by atoms with E-state index in [1.165, 1.54) is 28.0 Å². The molecule has 9 nitrogen and oxygen atoms in total. The van der Waals surface area contributed by atoms with Crippen molar-refractivity contribution in [3.63, 3.8) is 0 Å². The molecule has 0 saturated heterocycles. The van der Waals surface area contributed by atoms with E-state index in [0.717, 1.165) is 12.8 Å². The lowest BCUT2D eigenvalue weighted by Crippen LogP contribution is -2.40. The molecule has 0 aliphatic carbocycles. The molecule has 4 rings (SSSR count). The third-order valence-electron chi connectivity index (χ3n) is 6.13. The van der Waals surface area contributed by atoms with Crippen molar-refractivity contribution in [1.82, 2.24) is 4.57 Å². The van der Waals surface area contributed by atoms with Crippen LogP contribution < -0.4 is 19.6 Å². The van der Waals surface area contributed by atoms with E-state index in [2.05, 4.69) is 11.9 Å². The van der Waals surface area contributed by atoms with E-state index in [-0.39, 0.29) is 23.8 Å². The van der Waals surface area contributed by atoms with Gasteiger partial charge in [-0.3, -0.25) is 19.5 Å². The number of nitro groups is 1. The van der Waals surface area contributed by atoms with Crippen LogP contribution in [0.1, 0.15) is 57.7 Å². The summed E-state index contributed by atoms with van der Waals surface area (Å²) in [5.74, 6) is 0.324. The van der Waals surface area contributed by atoms with Gasteiger partial charge in [-0.25, -0.2) is 9.79 Å². The first kappa shape index (κ1) is 28.0. The van der Waals surface area contributed by atoms with E-state index in [1.54, 1.807) is 25.1 Å². The smallest absolute Gasteiger partial charge is 0.338 e. The highest BCUT2D eigenvalue weighted by molar-refractivity contribution is 7.07. The van der Waals surface area contributed by atoms with Crippen molar-refractivity contribution in [3.05, 3.63) is 101 Å². The number of benzene rings is 2. The Morgan fingerprint density at radius 3 is 2.64 bits per heavy atom. The Balaban J connectivity index is 1.83. The van der Waals surface area contributed by atoms with E-state index in [1.807, 2.05) is 38.1 Å². The zero-order chi connectivity index (χ0) is 28.1. The highest BCUT2D eigenvalue weighted by Crippen LogP contribution is 2.32. The first-order valence-electron chi connectivity index (χ1n) is 12.9. The summed E-state index contributed by atoms with van der Waals surface area (Å²) in [6, 6.07) is 12.7. The third-order valence-corrected chi connectivity index (χ3v) is 7.11. The van der Waals surface area contributed by atoms with Gasteiger partial charge in [0.2, 0.25) is 0 Å². The Morgan fingerprint density at radius 1 is 1.23 bits per heavy atom. The van der Waals surface area contributed by atoms with Gasteiger partial charge in [-0.05, 0) is 48.6 Å². The number of nitro benzene ring substituents is 1. The van der Waals surface area contributed by atoms with Crippen LogP contribution in [0.5, 0.6) is 5.75 Å². The van der Waals surface area contributed by atoms with E-state index < -0.39 is 16.9 Å². The minimum absolute atomic E-state index is 0.0679. The van der Waals surface area contributed by atoms with Crippen LogP contribution >= 0.6 is 11.3 Å². The van der Waals surface area contributed by atoms with Gasteiger partial charge in [0.05, 0.1) is 40.0 Å². The monoisotopic (exact) mass is 549 g/mol. The largest absolute Gasteiger partial charge is 0.494 e. The van der Waals surface area contributed by atoms with Crippen molar-refractivity contribution in [1.29, 1.82) is 0 Å². The minimum Gasteiger partial charge on any atom is -0.494 e. The summed E-state index contributed by atoms with van der Waals surface area (Å²) in [5.41, 5.74) is 1.59. The summed E-state index contributed by atoms with van der Waals surface area (Å²) in [5, 5.41) is 11.2. The van der Waals surface area contributed by atoms with Crippen LogP contribution in [0.4, 0.5) is 5.69 Å². The molecule has 2 heterocycles. The number of hydrogen-bond donors (Lipinski definition) is 0. The van der Waals surface area contributed by atoms with E-state index in [9.17, 15) is 19.7 Å². The Morgan fingerprint density at radius 2 is 1.97 bits per heavy atom. The van der Waals surface area contributed by atoms with Gasteiger partial charge < -0.3 is 9.47 Å². The van der Waals surface area contributed by atoms with Crippen LogP contribution in [0.2, 0.25) is 0 Å². The molecular weight excluding hydrogens is 518 g/mol. The second kappa shape index (κ2) is 12.2. The molecule has 0 N–H and O–H groups in total. The second-order valence-electron chi connectivity index (χ2n) is 9.70. The van der Waals surface area contributed by atoms with Crippen molar-refractivity contribution in [3.8, 4) is 5.75 Å². The van der Waals surface area contributed by atoms with Crippen LogP contribution in [-0.4, -0.2) is 28.7 Å². The fraction of sp³-hybridized carbons (Fsp3) is 0.345. The molecule has 1 atom stereocenters. The number of thiazole rings is 1. The van der Waals surface area contributed by atoms with Gasteiger partial charge in [-0.1, -0.05) is 62.8 Å². The van der Waals surface area contributed by atoms with Gasteiger partial charge in [0.1, 0.15) is 5.75 Å². The van der Waals surface area contributed by atoms with Gasteiger partial charge in [-0.15, -0.1) is 0 Å². The van der Waals surface area contributed by atoms with Gasteiger partial charge in [0, 0.05) is 12.1 Å². The molecule has 0 radical (unpaired) electrons. The van der Waals surface area contributed by atoms with Crippen LogP contribution in [0.25, 0.3) is 6.08 Å². The number of unbranched alkanes of at least 4 members (excludes halogenated alkanes) is 1. The zero-order valence-electron chi connectivity index (χ0n) is 22.4. The molecule has 0 saturated carbocycles. The van der Waals surface area contributed by atoms with Crippen molar-refractivity contribution in [2.75, 3.05) is 13.2 Å². The molecule has 10 heteroatoms. The molecule has 1 aliphatic heterocycles. The van der Waals surface area contributed by atoms with Crippen molar-refractivity contribution >= 4 is 29.1 Å². The highest BCUT2D eigenvalue weighted by atomic mass is 32.1. The molecule has 1 aromatic heterocycles. The Kier molecular flexibility index (Phi) is 8.75. The number of carbonyl (C=O) groups excluding carboxylic acids is 1. The lowest BCUT2D eigenvalue weighted by molar-refractivity contribution is -0.384. The summed E-state index contributed by atoms with van der Waals surface area (Å²) < 4.78 is 13.2. The fourth-order valence-corrected chi connectivity index (χ4v) is 5.22. The predicted molar refractivity (Wildman–Crippen MR) is 150 cm³/mol. The average Bonchev–Trinajstić information content (AvgIpc) is 3.21. The molecule has 0 bridgehead atoms. The quantitative estimate of drug-likeness (QED) is 0.159. The van der Waals surface area contributed by atoms with Crippen LogP contribution in [-0.2, 0) is 9.53 Å². The number of esters is 1. The fourth-order valence-electron chi connectivity index (χ4n) is 4.18. The molecule has 2 aromatic carbocycles.